The Kier molecular flexibility index (Phi) is 8.38. The second kappa shape index (κ2) is 12.2. The van der Waals surface area contributed by atoms with Crippen LogP contribution in [0.25, 0.3) is 10.8 Å². The summed E-state index contributed by atoms with van der Waals surface area (Å²) in [5.41, 5.74) is -1.79. The summed E-state index contributed by atoms with van der Waals surface area (Å²) in [7, 11) is 1.48. The quantitative estimate of drug-likeness (QED) is 0.177. The molecule has 0 bridgehead atoms. The predicted octanol–water partition coefficient (Wildman–Crippen LogP) is 3.56. The molecule has 3 aromatic rings. The fourth-order valence-corrected chi connectivity index (χ4v) is 5.30. The number of phenols is 1. The fourth-order valence-electron chi connectivity index (χ4n) is 5.30. The van der Waals surface area contributed by atoms with E-state index in [1.54, 1.807) is 18.2 Å². The van der Waals surface area contributed by atoms with Crippen molar-refractivity contribution in [1.29, 1.82) is 0 Å². The van der Waals surface area contributed by atoms with Crippen molar-refractivity contribution in [3.05, 3.63) is 95.1 Å². The Balaban J connectivity index is 1.43. The van der Waals surface area contributed by atoms with Gasteiger partial charge < -0.3 is 34.6 Å². The zero-order valence-electron chi connectivity index (χ0n) is 24.2. The lowest BCUT2D eigenvalue weighted by molar-refractivity contribution is -0.0779. The molecule has 0 fully saturated rings. The van der Waals surface area contributed by atoms with Gasteiger partial charge in [-0.2, -0.15) is 0 Å². The molecule has 228 valence electrons. The van der Waals surface area contributed by atoms with Crippen molar-refractivity contribution in [2.24, 2.45) is 5.92 Å². The highest BCUT2D eigenvalue weighted by molar-refractivity contribution is 6.08. The zero-order valence-corrected chi connectivity index (χ0v) is 24.2. The molecule has 0 aliphatic heterocycles. The Bertz CT molecular complexity index is 1900. The topological polar surface area (TPSA) is 160 Å². The van der Waals surface area contributed by atoms with Crippen LogP contribution in [-0.2, 0) is 9.47 Å². The summed E-state index contributed by atoms with van der Waals surface area (Å²) in [5, 5.41) is 43.8. The third kappa shape index (κ3) is 5.73. The number of aryl methyl sites for hydroxylation is 1. The molecule has 0 spiro atoms. The van der Waals surface area contributed by atoms with Gasteiger partial charge in [-0.3, -0.25) is 0 Å². The smallest absolute Gasteiger partial charge is 0.343 e. The van der Waals surface area contributed by atoms with Gasteiger partial charge in [-0.05, 0) is 54.3 Å². The monoisotopic (exact) mass is 608 g/mol. The number of hydrogen-bond donors (Lipinski definition) is 4. The number of benzene rings is 3. The van der Waals surface area contributed by atoms with Crippen LogP contribution in [-0.4, -0.2) is 69.4 Å². The summed E-state index contributed by atoms with van der Waals surface area (Å²) in [5.74, 6) is 7.13. The number of carboxylic acids is 1. The van der Waals surface area contributed by atoms with Crippen LogP contribution in [0.3, 0.4) is 0 Å². The Morgan fingerprint density at radius 1 is 1.02 bits per heavy atom. The van der Waals surface area contributed by atoms with E-state index in [4.69, 9.17) is 14.2 Å². The first-order chi connectivity index (χ1) is 21.5. The van der Waals surface area contributed by atoms with Crippen LogP contribution in [0, 0.1) is 36.5 Å². The number of aromatic hydroxyl groups is 1. The van der Waals surface area contributed by atoms with Gasteiger partial charge in [0.1, 0.15) is 28.8 Å². The average Bonchev–Trinajstić information content (AvgIpc) is 3.27. The molecule has 0 heterocycles. The molecule has 2 aliphatic rings. The average molecular weight is 609 g/mol. The maximum Gasteiger partial charge on any atom is 0.343 e. The van der Waals surface area contributed by atoms with Crippen molar-refractivity contribution >= 4 is 28.7 Å². The van der Waals surface area contributed by atoms with Gasteiger partial charge in [0.05, 0.1) is 24.2 Å². The molecule has 0 amide bonds. The van der Waals surface area contributed by atoms with Gasteiger partial charge >= 0.3 is 17.9 Å². The van der Waals surface area contributed by atoms with E-state index < -0.39 is 47.7 Å². The van der Waals surface area contributed by atoms with Crippen molar-refractivity contribution in [3.63, 3.8) is 0 Å². The van der Waals surface area contributed by atoms with Crippen molar-refractivity contribution in [1.82, 2.24) is 0 Å². The van der Waals surface area contributed by atoms with Crippen molar-refractivity contribution in [3.8, 4) is 35.2 Å². The van der Waals surface area contributed by atoms with Gasteiger partial charge in [-0.15, -0.1) is 6.58 Å². The molecule has 0 radical (unpaired) electrons. The Labute approximate surface area is 258 Å². The fraction of sp³-hybridized carbons (Fsp3) is 0.229. The van der Waals surface area contributed by atoms with Crippen molar-refractivity contribution in [2.45, 2.75) is 37.3 Å². The number of carboxylic acid groups (broad SMARTS) is 1. The van der Waals surface area contributed by atoms with E-state index in [1.807, 2.05) is 6.92 Å². The highest BCUT2D eigenvalue weighted by Crippen LogP contribution is 2.38. The van der Waals surface area contributed by atoms with Gasteiger partial charge in [0.25, 0.3) is 0 Å². The number of carbonyl (C=O) groups excluding carboxylic acids is 2. The van der Waals surface area contributed by atoms with Crippen LogP contribution in [0.4, 0.5) is 0 Å². The van der Waals surface area contributed by atoms with Crippen LogP contribution < -0.4 is 4.74 Å². The van der Waals surface area contributed by atoms with E-state index >= 15 is 0 Å². The van der Waals surface area contributed by atoms with E-state index in [-0.39, 0.29) is 34.4 Å². The van der Waals surface area contributed by atoms with Crippen LogP contribution in [0.15, 0.2) is 72.8 Å². The molecule has 2 aliphatic carbocycles. The molecule has 45 heavy (non-hydrogen) atoms. The molecule has 0 unspecified atom stereocenters. The first-order valence-electron chi connectivity index (χ1n) is 13.8. The number of fused-ring (bicyclic) bond motifs is 2. The summed E-state index contributed by atoms with van der Waals surface area (Å²) >= 11 is 0. The molecular formula is C35H28O10. The molecular weight excluding hydrogens is 580 g/mol. The van der Waals surface area contributed by atoms with Crippen LogP contribution in [0.1, 0.15) is 43.1 Å². The number of carbonyl (C=O) groups is 3. The highest BCUT2D eigenvalue weighted by Gasteiger charge is 2.50. The van der Waals surface area contributed by atoms with E-state index in [0.29, 0.717) is 16.5 Å². The van der Waals surface area contributed by atoms with Crippen LogP contribution in [0.2, 0.25) is 0 Å². The summed E-state index contributed by atoms with van der Waals surface area (Å²) < 4.78 is 16.5. The number of hydrogen-bond acceptors (Lipinski definition) is 9. The second-order valence-electron chi connectivity index (χ2n) is 10.5. The number of methoxy groups -OCH3 is 1. The van der Waals surface area contributed by atoms with Crippen molar-refractivity contribution in [2.75, 3.05) is 7.11 Å². The van der Waals surface area contributed by atoms with E-state index in [9.17, 15) is 34.8 Å². The minimum Gasteiger partial charge on any atom is -0.507 e. The molecule has 5 atom stereocenters. The summed E-state index contributed by atoms with van der Waals surface area (Å²) in [6.07, 6.45) is -1.89. The maximum absolute atomic E-state index is 13.4. The predicted molar refractivity (Wildman–Crippen MR) is 162 cm³/mol. The van der Waals surface area contributed by atoms with Gasteiger partial charge in [0.15, 0.2) is 12.2 Å². The Hall–Kier alpha value is -5.55. The first-order valence-corrected chi connectivity index (χ1v) is 13.8. The van der Waals surface area contributed by atoms with Gasteiger partial charge in [-0.25, -0.2) is 14.4 Å². The van der Waals surface area contributed by atoms with Crippen molar-refractivity contribution < 1.29 is 49.0 Å². The number of aromatic carboxylic acids is 1. The molecule has 5 rings (SSSR count). The largest absolute Gasteiger partial charge is 0.507 e. The molecule has 4 N–H and O–H groups in total. The van der Waals surface area contributed by atoms with Gasteiger partial charge in [-0.1, -0.05) is 48.0 Å². The highest BCUT2D eigenvalue weighted by atomic mass is 16.6. The molecule has 0 saturated carbocycles. The molecule has 0 saturated heterocycles. The lowest BCUT2D eigenvalue weighted by Crippen LogP contribution is -2.45. The van der Waals surface area contributed by atoms with Gasteiger partial charge in [0.2, 0.25) is 0 Å². The number of esters is 2. The van der Waals surface area contributed by atoms with Crippen LogP contribution >= 0.6 is 0 Å². The van der Waals surface area contributed by atoms with Gasteiger partial charge in [0, 0.05) is 17.4 Å². The third-order valence-corrected chi connectivity index (χ3v) is 7.74. The molecule has 10 nitrogen and oxygen atoms in total. The molecule has 0 aromatic heterocycles. The lowest BCUT2D eigenvalue weighted by Gasteiger charge is -2.28. The first kappa shape index (κ1) is 30.9. The number of rotatable bonds is 7. The SMILES string of the molecule is C=C[C@@H]1C#CC2=C[C@@H](OC(=O)c3c(O)ccc4c(C)cc(OC)cc34)[C@H](O)[C@]2(O)CC#C[C@@H]1OC(=O)c1ccccc1C(=O)O. The Morgan fingerprint density at radius 2 is 1.76 bits per heavy atom. The van der Waals surface area contributed by atoms with Crippen LogP contribution in [0.5, 0.6) is 11.5 Å². The van der Waals surface area contributed by atoms with E-state index in [1.165, 1.54) is 49.6 Å². The van der Waals surface area contributed by atoms with E-state index in [2.05, 4.69) is 30.3 Å². The second-order valence-corrected chi connectivity index (χ2v) is 10.5. The number of phenolic OH excluding ortho intramolecular Hbond substituents is 1. The molecule has 10 heteroatoms. The Morgan fingerprint density at radius 3 is 2.44 bits per heavy atom. The lowest BCUT2D eigenvalue weighted by atomic mass is 9.89. The summed E-state index contributed by atoms with van der Waals surface area (Å²) in [6, 6.07) is 12.0. The molecule has 3 aromatic carbocycles. The zero-order chi connectivity index (χ0) is 32.5. The summed E-state index contributed by atoms with van der Waals surface area (Å²) in [6.45, 7) is 5.56. The number of aliphatic hydroxyl groups is 2. The number of ether oxygens (including phenoxy) is 3. The normalized spacial score (nSPS) is 23.3. The third-order valence-electron chi connectivity index (χ3n) is 7.74. The summed E-state index contributed by atoms with van der Waals surface area (Å²) in [4.78, 5) is 37.9. The minimum absolute atomic E-state index is 0.0248. The maximum atomic E-state index is 13.4. The minimum atomic E-state index is -2.05. The number of aliphatic hydroxyl groups excluding tert-OH is 1. The standard InChI is InChI=1S/C35H28O10/c1-4-20-11-12-21-17-29(45-34(41)30-26-18-22(43-3)16-19(2)23(26)13-14-27(30)36)31(37)35(21,42)15-7-10-28(20)44-33(40)25-9-6-5-8-24(25)32(38)39/h4-6,8-9,13-14,16-18,20,28-29,31,36-37,42H,1,15H2,2-3H3,(H,38,39)/t20-,28+,29-,31+,35+/m1/s1. The van der Waals surface area contributed by atoms with E-state index in [0.717, 1.165) is 5.56 Å².